The van der Waals surface area contributed by atoms with E-state index in [-0.39, 0.29) is 6.03 Å². The minimum Gasteiger partial charge on any atom is -0.349 e. The molecular weight excluding hydrogens is 316 g/mol. The maximum atomic E-state index is 12.3. The molecule has 0 aliphatic carbocycles. The molecule has 0 atom stereocenters. The highest BCUT2D eigenvalue weighted by atomic mass is 16.2. The summed E-state index contributed by atoms with van der Waals surface area (Å²) in [5.74, 6) is 0. The summed E-state index contributed by atoms with van der Waals surface area (Å²) in [5, 5.41) is 14.5. The van der Waals surface area contributed by atoms with Crippen LogP contribution in [0.3, 0.4) is 0 Å². The first-order valence-corrected chi connectivity index (χ1v) is 7.79. The quantitative estimate of drug-likeness (QED) is 0.603. The van der Waals surface area contributed by atoms with Crippen LogP contribution < -0.4 is 10.6 Å². The fourth-order valence-corrected chi connectivity index (χ4v) is 2.79. The Bertz CT molecular complexity index is 1020. The highest BCUT2D eigenvalue weighted by Crippen LogP contribution is 2.24. The van der Waals surface area contributed by atoms with E-state index in [0.717, 1.165) is 22.3 Å². The number of urea groups is 1. The van der Waals surface area contributed by atoms with Crippen LogP contribution in [0.5, 0.6) is 0 Å². The monoisotopic (exact) mass is 332 g/mol. The summed E-state index contributed by atoms with van der Waals surface area (Å²) in [6, 6.07) is 14.9. The molecule has 25 heavy (non-hydrogen) atoms. The van der Waals surface area contributed by atoms with Crippen LogP contribution in [0.4, 0.5) is 16.2 Å². The molecule has 2 N–H and O–H groups in total. The second kappa shape index (κ2) is 6.12. The first-order chi connectivity index (χ1) is 12.2. The van der Waals surface area contributed by atoms with Crippen molar-refractivity contribution in [1.82, 2.24) is 19.6 Å². The van der Waals surface area contributed by atoms with E-state index in [4.69, 9.17) is 0 Å². The molecule has 124 valence electrons. The third-order valence-corrected chi connectivity index (χ3v) is 3.96. The Labute approximate surface area is 143 Å². The van der Waals surface area contributed by atoms with Crippen LogP contribution in [0.2, 0.25) is 0 Å². The van der Waals surface area contributed by atoms with Gasteiger partial charge in [0.05, 0.1) is 29.3 Å². The number of amides is 2. The molecule has 0 fully saturated rings. The Kier molecular flexibility index (Phi) is 3.66. The number of aryl methyl sites for hydroxylation is 1. The molecule has 0 unspecified atom stereocenters. The smallest absolute Gasteiger partial charge is 0.323 e. The molecule has 0 bridgehead atoms. The molecule has 0 saturated carbocycles. The first-order valence-electron chi connectivity index (χ1n) is 7.79. The van der Waals surface area contributed by atoms with Crippen molar-refractivity contribution in [2.75, 3.05) is 10.6 Å². The van der Waals surface area contributed by atoms with E-state index in [1.807, 2.05) is 66.3 Å². The third kappa shape index (κ3) is 2.94. The van der Waals surface area contributed by atoms with Gasteiger partial charge in [0.25, 0.3) is 0 Å². The average molecular weight is 332 g/mol. The number of carbonyl (C=O) groups is 1. The second-order valence-corrected chi connectivity index (χ2v) is 5.64. The molecule has 0 aliphatic rings. The fourth-order valence-electron chi connectivity index (χ4n) is 2.79. The van der Waals surface area contributed by atoms with Gasteiger partial charge in [-0.2, -0.15) is 0 Å². The van der Waals surface area contributed by atoms with Gasteiger partial charge in [-0.3, -0.25) is 0 Å². The molecule has 0 radical (unpaired) electrons. The highest BCUT2D eigenvalue weighted by Gasteiger charge is 2.08. The lowest BCUT2D eigenvalue weighted by molar-refractivity contribution is 0.262. The van der Waals surface area contributed by atoms with Crippen LogP contribution in [-0.2, 0) is 7.05 Å². The molecule has 7 nitrogen and oxygen atoms in total. The van der Waals surface area contributed by atoms with Crippen molar-refractivity contribution >= 4 is 28.3 Å². The molecule has 2 amide bonds. The number of hydrogen-bond donors (Lipinski definition) is 2. The van der Waals surface area contributed by atoms with E-state index in [0.29, 0.717) is 5.69 Å². The predicted molar refractivity (Wildman–Crippen MR) is 96.9 cm³/mol. The minimum atomic E-state index is -0.290. The number of para-hydroxylation sites is 1. The lowest BCUT2D eigenvalue weighted by Gasteiger charge is -2.10. The Morgan fingerprint density at radius 1 is 1.00 bits per heavy atom. The summed E-state index contributed by atoms with van der Waals surface area (Å²) in [4.78, 5) is 12.3. The molecule has 0 spiro atoms. The molecule has 2 heterocycles. The molecule has 2 aromatic heterocycles. The van der Waals surface area contributed by atoms with Gasteiger partial charge in [0.2, 0.25) is 0 Å². The maximum absolute atomic E-state index is 12.3. The number of nitrogens with one attached hydrogen (secondary N) is 2. The predicted octanol–water partition coefficient (Wildman–Crippen LogP) is 3.40. The second-order valence-electron chi connectivity index (χ2n) is 5.64. The molecule has 2 aromatic carbocycles. The number of hydrogen-bond acceptors (Lipinski definition) is 3. The van der Waals surface area contributed by atoms with Gasteiger partial charge >= 0.3 is 6.03 Å². The fraction of sp³-hybridized carbons (Fsp3) is 0.0556. The Balaban J connectivity index is 1.49. The molecule has 7 heteroatoms. The maximum Gasteiger partial charge on any atom is 0.323 e. The first kappa shape index (κ1) is 14.9. The summed E-state index contributed by atoms with van der Waals surface area (Å²) < 4.78 is 3.64. The molecule has 4 aromatic rings. The van der Waals surface area contributed by atoms with Gasteiger partial charge in [-0.15, -0.1) is 5.10 Å². The summed E-state index contributed by atoms with van der Waals surface area (Å²) >= 11 is 0. The van der Waals surface area contributed by atoms with Gasteiger partial charge in [0.15, 0.2) is 0 Å². The van der Waals surface area contributed by atoms with Crippen LogP contribution in [0.1, 0.15) is 0 Å². The number of fused-ring (bicyclic) bond motifs is 1. The van der Waals surface area contributed by atoms with Crippen LogP contribution in [0, 0.1) is 0 Å². The van der Waals surface area contributed by atoms with Gasteiger partial charge in [0, 0.05) is 24.3 Å². The van der Waals surface area contributed by atoms with Crippen LogP contribution in [0.15, 0.2) is 67.1 Å². The van der Waals surface area contributed by atoms with Crippen molar-refractivity contribution in [3.63, 3.8) is 0 Å². The van der Waals surface area contributed by atoms with E-state index in [1.54, 1.807) is 17.1 Å². The van der Waals surface area contributed by atoms with Crippen LogP contribution >= 0.6 is 0 Å². The van der Waals surface area contributed by atoms with Crippen molar-refractivity contribution in [2.45, 2.75) is 0 Å². The summed E-state index contributed by atoms with van der Waals surface area (Å²) in [6.45, 7) is 0. The van der Waals surface area contributed by atoms with E-state index < -0.39 is 0 Å². The van der Waals surface area contributed by atoms with Crippen molar-refractivity contribution in [3.8, 4) is 5.69 Å². The summed E-state index contributed by atoms with van der Waals surface area (Å²) in [5.41, 5.74) is 3.32. The van der Waals surface area contributed by atoms with E-state index in [1.165, 1.54) is 0 Å². The SMILES string of the molecule is Cn1ccc2cccc(NC(=O)Nc3ccc(-n4ccnn4)cc3)c21. The van der Waals surface area contributed by atoms with E-state index in [9.17, 15) is 4.79 Å². The number of nitrogens with zero attached hydrogens (tertiary/aromatic N) is 4. The Morgan fingerprint density at radius 3 is 2.60 bits per heavy atom. The number of aromatic nitrogens is 4. The van der Waals surface area contributed by atoms with E-state index in [2.05, 4.69) is 20.9 Å². The average Bonchev–Trinajstić information content (AvgIpc) is 3.26. The number of anilines is 2. The summed E-state index contributed by atoms with van der Waals surface area (Å²) in [6.07, 6.45) is 5.34. The largest absolute Gasteiger partial charge is 0.349 e. The number of carbonyl (C=O) groups excluding carboxylic acids is 1. The zero-order valence-electron chi connectivity index (χ0n) is 13.5. The van der Waals surface area contributed by atoms with Gasteiger partial charge in [0.1, 0.15) is 0 Å². The molecule has 0 aliphatic heterocycles. The lowest BCUT2D eigenvalue weighted by atomic mass is 10.2. The van der Waals surface area contributed by atoms with Gasteiger partial charge < -0.3 is 15.2 Å². The standard InChI is InChI=1S/C18H16N6O/c1-23-11-9-13-3-2-4-16(17(13)23)21-18(25)20-14-5-7-15(8-6-14)24-12-10-19-22-24/h2-12H,1H3,(H2,20,21,25). The molecule has 0 saturated heterocycles. The van der Waals surface area contributed by atoms with Gasteiger partial charge in [-0.1, -0.05) is 17.3 Å². The van der Waals surface area contributed by atoms with Crippen molar-refractivity contribution in [3.05, 3.63) is 67.1 Å². The van der Waals surface area contributed by atoms with Crippen molar-refractivity contribution in [1.29, 1.82) is 0 Å². The zero-order chi connectivity index (χ0) is 17.2. The van der Waals surface area contributed by atoms with Gasteiger partial charge in [-0.25, -0.2) is 9.48 Å². The Hall–Kier alpha value is -3.61. The van der Waals surface area contributed by atoms with Crippen molar-refractivity contribution < 1.29 is 4.79 Å². The van der Waals surface area contributed by atoms with Gasteiger partial charge in [-0.05, 0) is 36.4 Å². The van der Waals surface area contributed by atoms with Crippen molar-refractivity contribution in [2.24, 2.45) is 7.05 Å². The number of benzene rings is 2. The minimum absolute atomic E-state index is 0.290. The normalized spacial score (nSPS) is 10.8. The molecular formula is C18H16N6O. The van der Waals surface area contributed by atoms with Crippen LogP contribution in [0.25, 0.3) is 16.6 Å². The Morgan fingerprint density at radius 2 is 1.84 bits per heavy atom. The third-order valence-electron chi connectivity index (χ3n) is 3.96. The molecule has 4 rings (SSSR count). The number of rotatable bonds is 3. The zero-order valence-corrected chi connectivity index (χ0v) is 13.5. The lowest BCUT2D eigenvalue weighted by Crippen LogP contribution is -2.19. The van der Waals surface area contributed by atoms with Crippen LogP contribution in [-0.4, -0.2) is 25.6 Å². The van der Waals surface area contributed by atoms with E-state index >= 15 is 0 Å². The summed E-state index contributed by atoms with van der Waals surface area (Å²) in [7, 11) is 1.95. The highest BCUT2D eigenvalue weighted by molar-refractivity contribution is 6.05. The topological polar surface area (TPSA) is 76.8 Å².